The summed E-state index contributed by atoms with van der Waals surface area (Å²) < 4.78 is 81.2. The predicted octanol–water partition coefficient (Wildman–Crippen LogP) is 5.29. The summed E-state index contributed by atoms with van der Waals surface area (Å²) in [6.07, 6.45) is -8.85. The second kappa shape index (κ2) is 5.91. The average molecular weight is 396 g/mol. The number of halogens is 6. The minimum absolute atomic E-state index is 0.0446. The fourth-order valence-electron chi connectivity index (χ4n) is 2.92. The molecule has 4 aromatic rings. The molecule has 0 amide bonds. The maximum Gasteiger partial charge on any atom is 0.433 e. The van der Waals surface area contributed by atoms with Crippen LogP contribution in [0.2, 0.25) is 0 Å². The van der Waals surface area contributed by atoms with E-state index < -0.39 is 40.3 Å². The molecule has 0 saturated heterocycles. The van der Waals surface area contributed by atoms with Crippen LogP contribution in [0.15, 0.2) is 42.6 Å². The summed E-state index contributed by atoms with van der Waals surface area (Å²) in [6.45, 7) is 1.81. The first-order valence-electron chi connectivity index (χ1n) is 7.95. The molecule has 0 bridgehead atoms. The molecule has 1 aromatic carbocycles. The lowest BCUT2D eigenvalue weighted by atomic mass is 10.1. The van der Waals surface area contributed by atoms with Gasteiger partial charge in [-0.3, -0.25) is 0 Å². The van der Waals surface area contributed by atoms with E-state index in [9.17, 15) is 26.3 Å². The van der Waals surface area contributed by atoms with Gasteiger partial charge >= 0.3 is 12.4 Å². The van der Waals surface area contributed by atoms with Crippen molar-refractivity contribution < 1.29 is 26.3 Å². The summed E-state index contributed by atoms with van der Waals surface area (Å²) >= 11 is 0. The lowest BCUT2D eigenvalue weighted by Crippen LogP contribution is -2.12. The van der Waals surface area contributed by atoms with Gasteiger partial charge in [0.15, 0.2) is 11.3 Å². The van der Waals surface area contributed by atoms with E-state index in [1.54, 1.807) is 24.3 Å². The van der Waals surface area contributed by atoms with Crippen molar-refractivity contribution in [1.29, 1.82) is 0 Å². The molecule has 0 unspecified atom stereocenters. The molecule has 0 aliphatic carbocycles. The number of rotatable bonds is 1. The van der Waals surface area contributed by atoms with Gasteiger partial charge in [0.1, 0.15) is 5.69 Å². The lowest BCUT2D eigenvalue weighted by molar-refractivity contribution is -0.142. The Morgan fingerprint density at radius 1 is 0.893 bits per heavy atom. The third kappa shape index (κ3) is 2.94. The summed E-state index contributed by atoms with van der Waals surface area (Å²) in [6, 6.07) is 8.00. The van der Waals surface area contributed by atoms with Crippen molar-refractivity contribution in [3.05, 3.63) is 59.4 Å². The molecular weight excluding hydrogens is 386 g/mol. The number of hydrogen-bond acceptors (Lipinski definition) is 3. The molecule has 10 heteroatoms. The van der Waals surface area contributed by atoms with Crippen LogP contribution in [0.5, 0.6) is 0 Å². The standard InChI is InChI=1S/C18H10F6N4/c1-9-2-4-10(5-3-9)12-8-11(17(19,20)21)14-15(26-12)27-28-13(18(22,23)24)6-7-25-16(14)28/h2-8H,1H3. The summed E-state index contributed by atoms with van der Waals surface area (Å²) in [5, 5.41) is 3.11. The van der Waals surface area contributed by atoms with Crippen molar-refractivity contribution in [3.63, 3.8) is 0 Å². The third-order valence-corrected chi connectivity index (χ3v) is 4.22. The molecule has 0 N–H and O–H groups in total. The van der Waals surface area contributed by atoms with Gasteiger partial charge in [-0.2, -0.15) is 26.3 Å². The van der Waals surface area contributed by atoms with Gasteiger partial charge in [-0.05, 0) is 19.1 Å². The van der Waals surface area contributed by atoms with E-state index >= 15 is 0 Å². The van der Waals surface area contributed by atoms with Crippen LogP contribution in [-0.2, 0) is 12.4 Å². The summed E-state index contributed by atoms with van der Waals surface area (Å²) in [7, 11) is 0. The maximum absolute atomic E-state index is 13.7. The van der Waals surface area contributed by atoms with E-state index in [-0.39, 0.29) is 5.69 Å². The Kier molecular flexibility index (Phi) is 3.84. The first-order valence-corrected chi connectivity index (χ1v) is 7.95. The molecule has 4 nitrogen and oxygen atoms in total. The SMILES string of the molecule is Cc1ccc(-c2cc(C(F)(F)F)c3c(n2)nn2c(C(F)(F)F)ccnc32)cc1. The number of benzene rings is 1. The molecule has 0 fully saturated rings. The Labute approximate surface area is 153 Å². The van der Waals surface area contributed by atoms with Crippen molar-refractivity contribution >= 4 is 16.7 Å². The van der Waals surface area contributed by atoms with Crippen LogP contribution in [0.1, 0.15) is 16.8 Å². The average Bonchev–Trinajstić information content (AvgIpc) is 2.98. The Bertz CT molecular complexity index is 1190. The zero-order valence-electron chi connectivity index (χ0n) is 14.1. The highest BCUT2D eigenvalue weighted by Crippen LogP contribution is 2.39. The second-order valence-corrected chi connectivity index (χ2v) is 6.18. The Balaban J connectivity index is 2.10. The van der Waals surface area contributed by atoms with Crippen molar-refractivity contribution in [2.24, 2.45) is 0 Å². The molecule has 4 rings (SSSR count). The van der Waals surface area contributed by atoms with E-state index in [1.165, 1.54) is 0 Å². The van der Waals surface area contributed by atoms with Gasteiger partial charge in [0.2, 0.25) is 0 Å². The molecule has 3 aromatic heterocycles. The first-order chi connectivity index (χ1) is 13.1. The van der Waals surface area contributed by atoms with Gasteiger partial charge in [-0.15, -0.1) is 5.10 Å². The van der Waals surface area contributed by atoms with Crippen molar-refractivity contribution in [1.82, 2.24) is 19.6 Å². The zero-order chi connectivity index (χ0) is 20.3. The van der Waals surface area contributed by atoms with E-state index in [0.717, 1.165) is 17.8 Å². The molecule has 0 aliphatic heterocycles. The summed E-state index contributed by atoms with van der Waals surface area (Å²) in [4.78, 5) is 7.76. The quantitative estimate of drug-likeness (QED) is 0.411. The van der Waals surface area contributed by atoms with E-state index in [4.69, 9.17) is 0 Å². The van der Waals surface area contributed by atoms with Gasteiger partial charge in [-0.25, -0.2) is 14.5 Å². The largest absolute Gasteiger partial charge is 0.433 e. The number of aryl methyl sites for hydroxylation is 1. The molecule has 0 aliphatic rings. The molecular formula is C18H10F6N4. The van der Waals surface area contributed by atoms with Crippen LogP contribution < -0.4 is 0 Å². The van der Waals surface area contributed by atoms with Gasteiger partial charge in [0.25, 0.3) is 0 Å². The van der Waals surface area contributed by atoms with Gasteiger partial charge < -0.3 is 0 Å². The number of aromatic nitrogens is 4. The minimum Gasteiger partial charge on any atom is -0.236 e. The number of nitrogens with zero attached hydrogens (tertiary/aromatic N) is 4. The number of alkyl halides is 6. The minimum atomic E-state index is -4.83. The van der Waals surface area contributed by atoms with E-state index in [1.807, 2.05) is 6.92 Å². The smallest absolute Gasteiger partial charge is 0.236 e. The van der Waals surface area contributed by atoms with Crippen molar-refractivity contribution in [3.8, 4) is 11.3 Å². The first kappa shape index (κ1) is 18.2. The van der Waals surface area contributed by atoms with Crippen LogP contribution in [-0.4, -0.2) is 19.6 Å². The van der Waals surface area contributed by atoms with Gasteiger partial charge in [0.05, 0.1) is 16.6 Å². The van der Waals surface area contributed by atoms with Crippen LogP contribution in [0.3, 0.4) is 0 Å². The van der Waals surface area contributed by atoms with Gasteiger partial charge in [-0.1, -0.05) is 29.8 Å². The highest BCUT2D eigenvalue weighted by molar-refractivity contribution is 5.94. The molecule has 0 spiro atoms. The monoisotopic (exact) mass is 396 g/mol. The Morgan fingerprint density at radius 2 is 1.57 bits per heavy atom. The summed E-state index contributed by atoms with van der Waals surface area (Å²) in [5.41, 5.74) is -2.16. The Morgan fingerprint density at radius 3 is 2.18 bits per heavy atom. The topological polar surface area (TPSA) is 43.1 Å². The number of fused-ring (bicyclic) bond motifs is 3. The maximum atomic E-state index is 13.7. The third-order valence-electron chi connectivity index (χ3n) is 4.22. The van der Waals surface area contributed by atoms with Crippen LogP contribution in [0, 0.1) is 6.92 Å². The lowest BCUT2D eigenvalue weighted by Gasteiger charge is -2.10. The van der Waals surface area contributed by atoms with Gasteiger partial charge in [0, 0.05) is 11.8 Å². The highest BCUT2D eigenvalue weighted by atomic mass is 19.4. The second-order valence-electron chi connectivity index (χ2n) is 6.18. The van der Waals surface area contributed by atoms with Crippen molar-refractivity contribution in [2.75, 3.05) is 0 Å². The number of hydrogen-bond donors (Lipinski definition) is 0. The Hall–Kier alpha value is -3.17. The van der Waals surface area contributed by atoms with E-state index in [2.05, 4.69) is 15.1 Å². The van der Waals surface area contributed by atoms with Crippen molar-refractivity contribution in [2.45, 2.75) is 19.3 Å². The molecule has 28 heavy (non-hydrogen) atoms. The fraction of sp³-hybridized carbons (Fsp3) is 0.167. The van der Waals surface area contributed by atoms with Crippen LogP contribution >= 0.6 is 0 Å². The van der Waals surface area contributed by atoms with E-state index in [0.29, 0.717) is 16.1 Å². The zero-order valence-corrected chi connectivity index (χ0v) is 14.1. The molecule has 0 radical (unpaired) electrons. The molecule has 0 atom stereocenters. The van der Waals surface area contributed by atoms with Crippen LogP contribution in [0.4, 0.5) is 26.3 Å². The highest BCUT2D eigenvalue weighted by Gasteiger charge is 2.38. The molecule has 3 heterocycles. The molecule has 144 valence electrons. The fourth-order valence-corrected chi connectivity index (χ4v) is 2.92. The normalized spacial score (nSPS) is 12.8. The summed E-state index contributed by atoms with van der Waals surface area (Å²) in [5.74, 6) is 0. The number of pyridine rings is 1. The molecule has 0 saturated carbocycles. The van der Waals surface area contributed by atoms with Crippen LogP contribution in [0.25, 0.3) is 27.9 Å². The predicted molar refractivity (Wildman–Crippen MR) is 88.5 cm³/mol.